The van der Waals surface area contributed by atoms with Gasteiger partial charge in [-0.2, -0.15) is 0 Å². The first-order valence-corrected chi connectivity index (χ1v) is 11.8. The van der Waals surface area contributed by atoms with Crippen molar-refractivity contribution >= 4 is 29.2 Å². The SMILES string of the molecule is CC(C)(C)OC(=O)[C@H]1N[C@H](c2ccccc2)[C@]2(C(=O)Nc3ccccc32)[C@@H]1c1ccc(Cl)cc1. The third-order valence-corrected chi connectivity index (χ3v) is 6.90. The molecular formula is C28H27ClN2O3. The summed E-state index contributed by atoms with van der Waals surface area (Å²) >= 11 is 6.20. The van der Waals surface area contributed by atoms with Crippen molar-refractivity contribution in [1.82, 2.24) is 5.32 Å². The Kier molecular flexibility index (Phi) is 5.50. The number of rotatable bonds is 3. The molecule has 0 aromatic heterocycles. The maximum Gasteiger partial charge on any atom is 0.324 e. The highest BCUT2D eigenvalue weighted by atomic mass is 35.5. The van der Waals surface area contributed by atoms with Crippen molar-refractivity contribution in [2.45, 2.75) is 49.8 Å². The van der Waals surface area contributed by atoms with Gasteiger partial charge in [-0.1, -0.05) is 72.3 Å². The molecule has 1 fully saturated rings. The first kappa shape index (κ1) is 22.6. The molecule has 0 radical (unpaired) electrons. The Morgan fingerprint density at radius 1 is 0.912 bits per heavy atom. The molecule has 2 heterocycles. The number of hydrogen-bond donors (Lipinski definition) is 2. The van der Waals surface area contributed by atoms with E-state index in [1.54, 1.807) is 12.1 Å². The van der Waals surface area contributed by atoms with Crippen LogP contribution >= 0.6 is 11.6 Å². The Hall–Kier alpha value is -3.15. The van der Waals surface area contributed by atoms with Gasteiger partial charge in [-0.25, -0.2) is 0 Å². The summed E-state index contributed by atoms with van der Waals surface area (Å²) in [4.78, 5) is 27.6. The first-order chi connectivity index (χ1) is 16.2. The molecule has 5 rings (SSSR count). The van der Waals surface area contributed by atoms with Gasteiger partial charge in [-0.15, -0.1) is 0 Å². The van der Waals surface area contributed by atoms with E-state index in [1.807, 2.05) is 87.5 Å². The lowest BCUT2D eigenvalue weighted by Crippen LogP contribution is -2.44. The van der Waals surface area contributed by atoms with E-state index in [0.717, 1.165) is 22.4 Å². The normalized spacial score (nSPS) is 25.8. The molecule has 2 aliphatic rings. The van der Waals surface area contributed by atoms with E-state index in [0.29, 0.717) is 5.02 Å². The molecule has 34 heavy (non-hydrogen) atoms. The average Bonchev–Trinajstić information content (AvgIpc) is 3.30. The predicted molar refractivity (Wildman–Crippen MR) is 133 cm³/mol. The number of fused-ring (bicyclic) bond motifs is 2. The second kappa shape index (κ2) is 8.26. The fraction of sp³-hybridized carbons (Fsp3) is 0.286. The minimum Gasteiger partial charge on any atom is -0.459 e. The zero-order valence-corrected chi connectivity index (χ0v) is 20.1. The molecule has 2 N–H and O–H groups in total. The molecule has 2 aliphatic heterocycles. The Bertz CT molecular complexity index is 1240. The van der Waals surface area contributed by atoms with E-state index in [1.165, 1.54) is 0 Å². The maximum absolute atomic E-state index is 14.0. The van der Waals surface area contributed by atoms with Gasteiger partial charge in [-0.3, -0.25) is 14.9 Å². The van der Waals surface area contributed by atoms with Crippen molar-refractivity contribution in [3.8, 4) is 0 Å². The van der Waals surface area contributed by atoms with Gasteiger partial charge in [0.05, 0.1) is 6.04 Å². The van der Waals surface area contributed by atoms with E-state index >= 15 is 0 Å². The van der Waals surface area contributed by atoms with Crippen LogP contribution in [0.5, 0.6) is 0 Å². The standard InChI is InChI=1S/C28H27ClN2O3/c1-27(2,3)34-25(32)23-22(17-13-15-19(29)16-14-17)28(24(31-23)18-9-5-4-6-10-18)20-11-7-8-12-21(20)30-26(28)33/h4-16,22-24,31H,1-3H3,(H,30,33)/t22-,23+,24-,28-/m1/s1. The molecule has 1 spiro atoms. The topological polar surface area (TPSA) is 67.4 Å². The number of halogens is 1. The van der Waals surface area contributed by atoms with Crippen LogP contribution in [0.15, 0.2) is 78.9 Å². The fourth-order valence-electron chi connectivity index (χ4n) is 5.45. The van der Waals surface area contributed by atoms with Gasteiger partial charge in [-0.05, 0) is 55.7 Å². The molecule has 3 aromatic carbocycles. The summed E-state index contributed by atoms with van der Waals surface area (Å²) in [5.74, 6) is -1.04. The lowest BCUT2D eigenvalue weighted by molar-refractivity contribution is -0.157. The van der Waals surface area contributed by atoms with Gasteiger partial charge >= 0.3 is 5.97 Å². The number of carbonyl (C=O) groups excluding carboxylic acids is 2. The van der Waals surface area contributed by atoms with Crippen molar-refractivity contribution in [1.29, 1.82) is 0 Å². The van der Waals surface area contributed by atoms with Gasteiger partial charge in [0.25, 0.3) is 0 Å². The third-order valence-electron chi connectivity index (χ3n) is 6.64. The van der Waals surface area contributed by atoms with Crippen molar-refractivity contribution in [3.63, 3.8) is 0 Å². The van der Waals surface area contributed by atoms with Crippen LogP contribution in [0.3, 0.4) is 0 Å². The molecule has 174 valence electrons. The largest absolute Gasteiger partial charge is 0.459 e. The van der Waals surface area contributed by atoms with E-state index in [2.05, 4.69) is 10.6 Å². The molecule has 0 saturated carbocycles. The zero-order valence-electron chi connectivity index (χ0n) is 19.3. The fourth-order valence-corrected chi connectivity index (χ4v) is 5.57. The number of nitrogens with one attached hydrogen (secondary N) is 2. The Labute approximate surface area is 204 Å². The first-order valence-electron chi connectivity index (χ1n) is 11.4. The van der Waals surface area contributed by atoms with Crippen LogP contribution in [0.4, 0.5) is 5.69 Å². The highest BCUT2D eigenvalue weighted by Crippen LogP contribution is 2.59. The van der Waals surface area contributed by atoms with Crippen LogP contribution in [-0.2, 0) is 19.7 Å². The van der Waals surface area contributed by atoms with Gasteiger partial charge in [0.2, 0.25) is 5.91 Å². The predicted octanol–water partition coefficient (Wildman–Crippen LogP) is 5.37. The Morgan fingerprint density at radius 3 is 2.24 bits per heavy atom. The van der Waals surface area contributed by atoms with E-state index < -0.39 is 29.0 Å². The van der Waals surface area contributed by atoms with Gasteiger partial charge in [0.1, 0.15) is 17.1 Å². The maximum atomic E-state index is 14.0. The summed E-state index contributed by atoms with van der Waals surface area (Å²) in [6.45, 7) is 5.54. The van der Waals surface area contributed by atoms with Crippen LogP contribution < -0.4 is 10.6 Å². The second-order valence-corrected chi connectivity index (χ2v) is 10.4. The summed E-state index contributed by atoms with van der Waals surface area (Å²) in [6, 6.07) is 23.7. The Morgan fingerprint density at radius 2 is 1.56 bits per heavy atom. The minimum absolute atomic E-state index is 0.138. The van der Waals surface area contributed by atoms with Gasteiger partial charge in [0.15, 0.2) is 0 Å². The van der Waals surface area contributed by atoms with Crippen LogP contribution in [0.2, 0.25) is 5.02 Å². The number of hydrogen-bond acceptors (Lipinski definition) is 4. The number of carbonyl (C=O) groups is 2. The summed E-state index contributed by atoms with van der Waals surface area (Å²) < 4.78 is 5.85. The van der Waals surface area contributed by atoms with Gasteiger partial charge < -0.3 is 10.1 Å². The summed E-state index contributed by atoms with van der Waals surface area (Å²) in [5.41, 5.74) is 1.67. The number of esters is 1. The summed E-state index contributed by atoms with van der Waals surface area (Å²) in [5, 5.41) is 7.21. The highest BCUT2D eigenvalue weighted by molar-refractivity contribution is 6.30. The van der Waals surface area contributed by atoms with Crippen LogP contribution in [-0.4, -0.2) is 23.5 Å². The van der Waals surface area contributed by atoms with Crippen molar-refractivity contribution in [2.75, 3.05) is 5.32 Å². The number of anilines is 1. The monoisotopic (exact) mass is 474 g/mol. The second-order valence-electron chi connectivity index (χ2n) is 9.92. The average molecular weight is 475 g/mol. The number of amides is 1. The molecule has 5 nitrogen and oxygen atoms in total. The van der Waals surface area contributed by atoms with Gasteiger partial charge in [0, 0.05) is 16.6 Å². The van der Waals surface area contributed by atoms with Crippen molar-refractivity contribution < 1.29 is 14.3 Å². The molecule has 1 saturated heterocycles. The number of ether oxygens (including phenoxy) is 1. The molecule has 6 heteroatoms. The Balaban J connectivity index is 1.77. The molecule has 1 amide bonds. The van der Waals surface area contributed by atoms with Crippen LogP contribution in [0.1, 0.15) is 49.4 Å². The highest BCUT2D eigenvalue weighted by Gasteiger charge is 2.66. The third kappa shape index (κ3) is 3.60. The molecule has 4 atom stereocenters. The molecule has 3 aromatic rings. The number of para-hydroxylation sites is 1. The van der Waals surface area contributed by atoms with Crippen molar-refractivity contribution in [3.05, 3.63) is 101 Å². The quantitative estimate of drug-likeness (QED) is 0.501. The van der Waals surface area contributed by atoms with Crippen LogP contribution in [0, 0.1) is 0 Å². The van der Waals surface area contributed by atoms with E-state index in [4.69, 9.17) is 16.3 Å². The van der Waals surface area contributed by atoms with Crippen LogP contribution in [0.25, 0.3) is 0 Å². The molecule has 0 bridgehead atoms. The van der Waals surface area contributed by atoms with E-state index in [9.17, 15) is 9.59 Å². The minimum atomic E-state index is -1.06. The number of benzene rings is 3. The zero-order chi connectivity index (χ0) is 24.1. The lowest BCUT2D eigenvalue weighted by Gasteiger charge is -2.35. The smallest absolute Gasteiger partial charge is 0.324 e. The molecule has 0 unspecified atom stereocenters. The molecule has 0 aliphatic carbocycles. The van der Waals surface area contributed by atoms with E-state index in [-0.39, 0.29) is 11.9 Å². The van der Waals surface area contributed by atoms with Crippen molar-refractivity contribution in [2.24, 2.45) is 0 Å². The molecular weight excluding hydrogens is 448 g/mol. The summed E-state index contributed by atoms with van der Waals surface area (Å²) in [6.07, 6.45) is 0. The lowest BCUT2D eigenvalue weighted by atomic mass is 9.63. The summed E-state index contributed by atoms with van der Waals surface area (Å²) in [7, 11) is 0.